The third kappa shape index (κ3) is 8.31. The first-order valence-corrected chi connectivity index (χ1v) is 9.55. The number of guanidine groups is 1. The Morgan fingerprint density at radius 1 is 1.33 bits per heavy atom. The minimum absolute atomic E-state index is 0. The SMILES string of the molecule is CCNC(=NCCCOC(C)C)N1CC(C)OC(c2ccc(F)cc2)C1.I. The van der Waals surface area contributed by atoms with Crippen molar-refractivity contribution in [3.05, 3.63) is 35.6 Å². The lowest BCUT2D eigenvalue weighted by molar-refractivity contribution is -0.0605. The van der Waals surface area contributed by atoms with Crippen LogP contribution in [0.4, 0.5) is 4.39 Å². The van der Waals surface area contributed by atoms with Crippen molar-refractivity contribution < 1.29 is 13.9 Å². The summed E-state index contributed by atoms with van der Waals surface area (Å²) in [6, 6.07) is 6.56. The minimum Gasteiger partial charge on any atom is -0.379 e. The highest BCUT2D eigenvalue weighted by Crippen LogP contribution is 2.25. The number of nitrogens with zero attached hydrogens (tertiary/aromatic N) is 2. The van der Waals surface area contributed by atoms with Gasteiger partial charge >= 0.3 is 0 Å². The number of aliphatic imine (C=N–C) groups is 1. The second-order valence-corrected chi connectivity index (χ2v) is 6.90. The molecule has 0 radical (unpaired) electrons. The van der Waals surface area contributed by atoms with Gasteiger partial charge in [-0.25, -0.2) is 4.39 Å². The molecule has 1 heterocycles. The van der Waals surface area contributed by atoms with Gasteiger partial charge in [0.25, 0.3) is 0 Å². The number of ether oxygens (including phenoxy) is 2. The summed E-state index contributed by atoms with van der Waals surface area (Å²) < 4.78 is 24.8. The summed E-state index contributed by atoms with van der Waals surface area (Å²) in [5.74, 6) is 0.673. The van der Waals surface area contributed by atoms with Crippen molar-refractivity contribution >= 4 is 29.9 Å². The van der Waals surface area contributed by atoms with Crippen LogP contribution < -0.4 is 5.32 Å². The largest absolute Gasteiger partial charge is 0.379 e. The molecule has 2 unspecified atom stereocenters. The van der Waals surface area contributed by atoms with E-state index in [4.69, 9.17) is 14.5 Å². The van der Waals surface area contributed by atoms with Crippen molar-refractivity contribution in [2.75, 3.05) is 32.8 Å². The Labute approximate surface area is 179 Å². The van der Waals surface area contributed by atoms with Crippen LogP contribution in [0.15, 0.2) is 29.3 Å². The summed E-state index contributed by atoms with van der Waals surface area (Å²) in [6.45, 7) is 11.9. The van der Waals surface area contributed by atoms with Gasteiger partial charge in [-0.1, -0.05) is 12.1 Å². The quantitative estimate of drug-likeness (QED) is 0.270. The Balaban J connectivity index is 0.00000364. The lowest BCUT2D eigenvalue weighted by Crippen LogP contribution is -2.50. The van der Waals surface area contributed by atoms with Crippen LogP contribution in [-0.2, 0) is 9.47 Å². The zero-order chi connectivity index (χ0) is 18.9. The number of morpholine rings is 1. The molecule has 7 heteroatoms. The van der Waals surface area contributed by atoms with Crippen LogP contribution in [0, 0.1) is 5.82 Å². The molecule has 0 amide bonds. The molecule has 1 aromatic rings. The van der Waals surface area contributed by atoms with Gasteiger partial charge in [-0.05, 0) is 51.8 Å². The van der Waals surface area contributed by atoms with E-state index in [0.717, 1.165) is 44.2 Å². The van der Waals surface area contributed by atoms with Crippen LogP contribution in [0.3, 0.4) is 0 Å². The second-order valence-electron chi connectivity index (χ2n) is 6.90. The minimum atomic E-state index is -0.229. The van der Waals surface area contributed by atoms with Gasteiger partial charge in [0.15, 0.2) is 5.96 Å². The number of benzene rings is 1. The van der Waals surface area contributed by atoms with Crippen molar-refractivity contribution in [1.82, 2.24) is 10.2 Å². The fourth-order valence-corrected chi connectivity index (χ4v) is 2.98. The summed E-state index contributed by atoms with van der Waals surface area (Å²) in [4.78, 5) is 6.98. The third-order valence-electron chi connectivity index (χ3n) is 4.15. The van der Waals surface area contributed by atoms with E-state index in [1.54, 1.807) is 12.1 Å². The molecule has 0 spiro atoms. The zero-order valence-corrected chi connectivity index (χ0v) is 19.1. The molecule has 0 aromatic heterocycles. The molecule has 27 heavy (non-hydrogen) atoms. The monoisotopic (exact) mass is 493 g/mol. The molecule has 0 bridgehead atoms. The van der Waals surface area contributed by atoms with Crippen LogP contribution in [0.5, 0.6) is 0 Å². The molecule has 1 aromatic carbocycles. The number of rotatable bonds is 7. The van der Waals surface area contributed by atoms with E-state index in [1.807, 2.05) is 13.8 Å². The Morgan fingerprint density at radius 3 is 2.67 bits per heavy atom. The standard InChI is InChI=1S/C20H32FN3O2.HI/c1-5-22-20(23-11-6-12-25-15(2)3)24-13-16(4)26-19(14-24)17-7-9-18(21)10-8-17;/h7-10,15-16,19H,5-6,11-14H2,1-4H3,(H,22,23);1H. The van der Waals surface area contributed by atoms with Gasteiger partial charge in [-0.3, -0.25) is 4.99 Å². The first-order valence-electron chi connectivity index (χ1n) is 9.55. The summed E-state index contributed by atoms with van der Waals surface area (Å²) in [6.07, 6.45) is 1.14. The number of halogens is 2. The van der Waals surface area contributed by atoms with Gasteiger partial charge in [0.1, 0.15) is 11.9 Å². The van der Waals surface area contributed by atoms with Gasteiger partial charge in [-0.2, -0.15) is 0 Å². The Hall–Kier alpha value is -0.930. The number of hydrogen-bond acceptors (Lipinski definition) is 3. The highest BCUT2D eigenvalue weighted by atomic mass is 127. The molecule has 2 atom stereocenters. The van der Waals surface area contributed by atoms with E-state index in [-0.39, 0.29) is 48.1 Å². The van der Waals surface area contributed by atoms with Gasteiger partial charge in [-0.15, -0.1) is 24.0 Å². The Morgan fingerprint density at radius 2 is 2.04 bits per heavy atom. The summed E-state index contributed by atoms with van der Waals surface area (Å²) >= 11 is 0. The van der Waals surface area contributed by atoms with Gasteiger partial charge in [0.05, 0.1) is 18.8 Å². The molecule has 0 saturated carbocycles. The first kappa shape index (κ1) is 24.1. The molecule has 5 nitrogen and oxygen atoms in total. The molecule has 1 saturated heterocycles. The van der Waals surface area contributed by atoms with Gasteiger partial charge < -0.3 is 19.7 Å². The molecular formula is C20H33FIN3O2. The fraction of sp³-hybridized carbons (Fsp3) is 0.650. The van der Waals surface area contributed by atoms with Crippen molar-refractivity contribution in [3.8, 4) is 0 Å². The zero-order valence-electron chi connectivity index (χ0n) is 16.8. The van der Waals surface area contributed by atoms with E-state index in [0.29, 0.717) is 6.54 Å². The van der Waals surface area contributed by atoms with Crippen LogP contribution in [0.1, 0.15) is 45.8 Å². The van der Waals surface area contributed by atoms with Crippen molar-refractivity contribution in [2.45, 2.75) is 52.4 Å². The summed E-state index contributed by atoms with van der Waals surface area (Å²) in [5.41, 5.74) is 0.990. The van der Waals surface area contributed by atoms with Crippen molar-refractivity contribution in [3.63, 3.8) is 0 Å². The van der Waals surface area contributed by atoms with Crippen molar-refractivity contribution in [2.24, 2.45) is 4.99 Å². The third-order valence-corrected chi connectivity index (χ3v) is 4.15. The maximum Gasteiger partial charge on any atom is 0.194 e. The predicted molar refractivity (Wildman–Crippen MR) is 118 cm³/mol. The predicted octanol–water partition coefficient (Wildman–Crippen LogP) is 3.99. The maximum atomic E-state index is 13.2. The van der Waals surface area contributed by atoms with Crippen LogP contribution in [0.25, 0.3) is 0 Å². The Bertz CT molecular complexity index is 569. The van der Waals surface area contributed by atoms with Crippen LogP contribution in [-0.4, -0.2) is 55.9 Å². The molecule has 1 aliphatic heterocycles. The van der Waals surface area contributed by atoms with E-state index in [2.05, 4.69) is 24.1 Å². The molecule has 0 aliphatic carbocycles. The normalized spacial score (nSPS) is 20.5. The summed E-state index contributed by atoms with van der Waals surface area (Å²) in [7, 11) is 0. The van der Waals surface area contributed by atoms with E-state index < -0.39 is 0 Å². The molecule has 2 rings (SSSR count). The molecule has 1 N–H and O–H groups in total. The van der Waals surface area contributed by atoms with Crippen LogP contribution in [0.2, 0.25) is 0 Å². The molecule has 1 fully saturated rings. The van der Waals surface area contributed by atoms with Gasteiger partial charge in [0.2, 0.25) is 0 Å². The van der Waals surface area contributed by atoms with Crippen molar-refractivity contribution in [1.29, 1.82) is 0 Å². The molecule has 1 aliphatic rings. The lowest BCUT2D eigenvalue weighted by Gasteiger charge is -2.38. The van der Waals surface area contributed by atoms with E-state index in [9.17, 15) is 4.39 Å². The number of hydrogen-bond donors (Lipinski definition) is 1. The smallest absolute Gasteiger partial charge is 0.194 e. The molecular weight excluding hydrogens is 460 g/mol. The number of nitrogens with one attached hydrogen (secondary N) is 1. The summed E-state index contributed by atoms with van der Waals surface area (Å²) in [5, 5.41) is 3.37. The average molecular weight is 493 g/mol. The van der Waals surface area contributed by atoms with E-state index >= 15 is 0 Å². The maximum absolute atomic E-state index is 13.2. The highest BCUT2D eigenvalue weighted by Gasteiger charge is 2.28. The second kappa shape index (κ2) is 12.5. The average Bonchev–Trinajstić information content (AvgIpc) is 2.60. The lowest BCUT2D eigenvalue weighted by atomic mass is 10.1. The highest BCUT2D eigenvalue weighted by molar-refractivity contribution is 14.0. The van der Waals surface area contributed by atoms with Gasteiger partial charge in [0, 0.05) is 26.2 Å². The van der Waals surface area contributed by atoms with Crippen LogP contribution >= 0.6 is 24.0 Å². The Kier molecular flexibility index (Phi) is 11.2. The molecule has 154 valence electrons. The van der Waals surface area contributed by atoms with E-state index in [1.165, 1.54) is 12.1 Å². The fourth-order valence-electron chi connectivity index (χ4n) is 2.98. The topological polar surface area (TPSA) is 46.1 Å². The first-order chi connectivity index (χ1) is 12.5.